The van der Waals surface area contributed by atoms with Gasteiger partial charge in [-0.3, -0.25) is 5.10 Å². The van der Waals surface area contributed by atoms with Crippen LogP contribution in [0.5, 0.6) is 0 Å². The minimum atomic E-state index is 0.306. The number of aromatic nitrogens is 2. The molecule has 0 saturated carbocycles. The van der Waals surface area contributed by atoms with Crippen molar-refractivity contribution in [2.45, 2.75) is 38.8 Å². The van der Waals surface area contributed by atoms with Gasteiger partial charge in [-0.2, -0.15) is 5.10 Å². The number of rotatable bonds is 6. The van der Waals surface area contributed by atoms with Crippen LogP contribution < -0.4 is 5.32 Å². The Hall–Kier alpha value is -1.61. The van der Waals surface area contributed by atoms with E-state index in [1.807, 2.05) is 12.4 Å². The van der Waals surface area contributed by atoms with Gasteiger partial charge in [0.2, 0.25) is 0 Å². The number of nitrogens with zero attached hydrogens (tertiary/aromatic N) is 1. The summed E-state index contributed by atoms with van der Waals surface area (Å²) >= 11 is 0. The molecular formula is C15H21N3. The molecule has 0 aliphatic heterocycles. The molecule has 0 amide bonds. The zero-order chi connectivity index (χ0) is 12.8. The highest BCUT2D eigenvalue weighted by atomic mass is 15.1. The summed E-state index contributed by atoms with van der Waals surface area (Å²) in [6.07, 6.45) is 6.15. The molecule has 2 aromatic rings. The predicted molar refractivity (Wildman–Crippen MR) is 74.2 cm³/mol. The van der Waals surface area contributed by atoms with E-state index in [1.54, 1.807) is 0 Å². The lowest BCUT2D eigenvalue weighted by Gasteiger charge is -2.23. The van der Waals surface area contributed by atoms with E-state index in [4.69, 9.17) is 0 Å². The molecule has 1 aromatic heterocycles. The molecule has 2 unspecified atom stereocenters. The standard InChI is InChI=1S/C15H21N3/c1-3-7-15(13-8-5-4-6-9-13)18-12(2)14-10-16-17-11-14/h4-6,8-12,15,18H,3,7H2,1-2H3,(H,16,17). The van der Waals surface area contributed by atoms with Crippen LogP contribution in [0.15, 0.2) is 42.7 Å². The zero-order valence-corrected chi connectivity index (χ0v) is 11.1. The number of aromatic amines is 1. The average molecular weight is 243 g/mol. The van der Waals surface area contributed by atoms with Gasteiger partial charge >= 0.3 is 0 Å². The van der Waals surface area contributed by atoms with Crippen molar-refractivity contribution in [3.8, 4) is 0 Å². The third-order valence-corrected chi connectivity index (χ3v) is 3.25. The summed E-state index contributed by atoms with van der Waals surface area (Å²) in [7, 11) is 0. The van der Waals surface area contributed by atoms with Crippen molar-refractivity contribution in [2.24, 2.45) is 0 Å². The summed E-state index contributed by atoms with van der Waals surface area (Å²) in [5.41, 5.74) is 2.56. The van der Waals surface area contributed by atoms with Gasteiger partial charge in [0.05, 0.1) is 6.20 Å². The number of benzene rings is 1. The van der Waals surface area contributed by atoms with Crippen molar-refractivity contribution >= 4 is 0 Å². The lowest BCUT2D eigenvalue weighted by Crippen LogP contribution is -2.24. The van der Waals surface area contributed by atoms with Crippen molar-refractivity contribution in [1.82, 2.24) is 15.5 Å². The van der Waals surface area contributed by atoms with Gasteiger partial charge in [0.25, 0.3) is 0 Å². The van der Waals surface area contributed by atoms with E-state index in [-0.39, 0.29) is 0 Å². The van der Waals surface area contributed by atoms with E-state index in [1.165, 1.54) is 17.5 Å². The Morgan fingerprint density at radius 1 is 1.22 bits per heavy atom. The van der Waals surface area contributed by atoms with E-state index >= 15 is 0 Å². The highest BCUT2D eigenvalue weighted by Crippen LogP contribution is 2.22. The Morgan fingerprint density at radius 3 is 2.61 bits per heavy atom. The normalized spacial score (nSPS) is 14.3. The van der Waals surface area contributed by atoms with E-state index in [0.717, 1.165) is 6.42 Å². The molecule has 0 radical (unpaired) electrons. The van der Waals surface area contributed by atoms with Crippen molar-refractivity contribution in [3.63, 3.8) is 0 Å². The molecule has 0 fully saturated rings. The third-order valence-electron chi connectivity index (χ3n) is 3.25. The Kier molecular flexibility index (Phi) is 4.53. The first-order valence-electron chi connectivity index (χ1n) is 6.61. The molecule has 0 saturated heterocycles. The lowest BCUT2D eigenvalue weighted by molar-refractivity contribution is 0.439. The summed E-state index contributed by atoms with van der Waals surface area (Å²) in [6.45, 7) is 4.40. The van der Waals surface area contributed by atoms with Crippen LogP contribution in [0.2, 0.25) is 0 Å². The van der Waals surface area contributed by atoms with Gasteiger partial charge in [-0.25, -0.2) is 0 Å². The minimum absolute atomic E-state index is 0.306. The van der Waals surface area contributed by atoms with E-state index in [2.05, 4.69) is 59.7 Å². The topological polar surface area (TPSA) is 40.7 Å². The van der Waals surface area contributed by atoms with E-state index < -0.39 is 0 Å². The van der Waals surface area contributed by atoms with E-state index in [9.17, 15) is 0 Å². The minimum Gasteiger partial charge on any atom is -0.303 e. The van der Waals surface area contributed by atoms with Crippen LogP contribution in [0.1, 0.15) is 49.9 Å². The Morgan fingerprint density at radius 2 is 2.00 bits per heavy atom. The summed E-state index contributed by atoms with van der Waals surface area (Å²) in [4.78, 5) is 0. The molecule has 3 nitrogen and oxygen atoms in total. The van der Waals surface area contributed by atoms with Crippen molar-refractivity contribution < 1.29 is 0 Å². The van der Waals surface area contributed by atoms with Crippen LogP contribution in [0, 0.1) is 0 Å². The van der Waals surface area contributed by atoms with Crippen molar-refractivity contribution in [1.29, 1.82) is 0 Å². The first-order chi connectivity index (χ1) is 8.81. The first-order valence-corrected chi connectivity index (χ1v) is 6.61. The summed E-state index contributed by atoms with van der Waals surface area (Å²) < 4.78 is 0. The number of hydrogen-bond donors (Lipinski definition) is 2. The monoisotopic (exact) mass is 243 g/mol. The Labute approximate surface area is 109 Å². The third kappa shape index (κ3) is 3.20. The molecule has 96 valence electrons. The van der Waals surface area contributed by atoms with Gasteiger partial charge in [-0.1, -0.05) is 43.7 Å². The molecule has 0 spiro atoms. The maximum Gasteiger partial charge on any atom is 0.0534 e. The highest BCUT2D eigenvalue weighted by molar-refractivity contribution is 5.20. The summed E-state index contributed by atoms with van der Waals surface area (Å²) in [5.74, 6) is 0. The molecule has 2 rings (SSSR count). The van der Waals surface area contributed by atoms with Gasteiger partial charge in [0, 0.05) is 23.8 Å². The molecule has 0 aliphatic carbocycles. The molecule has 3 heteroatoms. The zero-order valence-electron chi connectivity index (χ0n) is 11.1. The fraction of sp³-hybridized carbons (Fsp3) is 0.400. The maximum absolute atomic E-state index is 4.00. The Balaban J connectivity index is 2.07. The van der Waals surface area contributed by atoms with E-state index in [0.29, 0.717) is 12.1 Å². The molecule has 2 atom stereocenters. The SMILES string of the molecule is CCCC(NC(C)c1cn[nH]c1)c1ccccc1. The molecule has 1 heterocycles. The van der Waals surface area contributed by atoms with Crippen LogP contribution in [0.3, 0.4) is 0 Å². The van der Waals surface area contributed by atoms with Crippen LogP contribution in [-0.2, 0) is 0 Å². The second-order valence-electron chi connectivity index (χ2n) is 4.67. The molecule has 2 N–H and O–H groups in total. The number of hydrogen-bond acceptors (Lipinski definition) is 2. The van der Waals surface area contributed by atoms with Gasteiger partial charge < -0.3 is 5.32 Å². The average Bonchev–Trinajstić information content (AvgIpc) is 2.93. The molecular weight excluding hydrogens is 222 g/mol. The van der Waals surface area contributed by atoms with Crippen LogP contribution >= 0.6 is 0 Å². The van der Waals surface area contributed by atoms with Crippen LogP contribution in [0.25, 0.3) is 0 Å². The van der Waals surface area contributed by atoms with Crippen LogP contribution in [-0.4, -0.2) is 10.2 Å². The number of nitrogens with one attached hydrogen (secondary N) is 2. The summed E-state index contributed by atoms with van der Waals surface area (Å²) in [5, 5.41) is 10.5. The van der Waals surface area contributed by atoms with Gasteiger partial charge in [-0.05, 0) is 18.9 Å². The number of H-pyrrole nitrogens is 1. The van der Waals surface area contributed by atoms with Crippen molar-refractivity contribution in [2.75, 3.05) is 0 Å². The molecule has 0 aliphatic rings. The first kappa shape index (κ1) is 12.8. The largest absolute Gasteiger partial charge is 0.303 e. The van der Waals surface area contributed by atoms with Gasteiger partial charge in [-0.15, -0.1) is 0 Å². The van der Waals surface area contributed by atoms with Crippen LogP contribution in [0.4, 0.5) is 0 Å². The van der Waals surface area contributed by atoms with Gasteiger partial charge in [0.1, 0.15) is 0 Å². The molecule has 0 bridgehead atoms. The quantitative estimate of drug-likeness (QED) is 0.813. The maximum atomic E-state index is 4.00. The molecule has 18 heavy (non-hydrogen) atoms. The second-order valence-corrected chi connectivity index (χ2v) is 4.67. The van der Waals surface area contributed by atoms with Gasteiger partial charge in [0.15, 0.2) is 0 Å². The highest BCUT2D eigenvalue weighted by Gasteiger charge is 2.14. The fourth-order valence-electron chi connectivity index (χ4n) is 2.22. The van der Waals surface area contributed by atoms with Crippen molar-refractivity contribution in [3.05, 3.63) is 53.9 Å². The fourth-order valence-corrected chi connectivity index (χ4v) is 2.22. The lowest BCUT2D eigenvalue weighted by atomic mass is 10.0. The second kappa shape index (κ2) is 6.36. The smallest absolute Gasteiger partial charge is 0.0534 e. The molecule has 1 aromatic carbocycles. The Bertz CT molecular complexity index is 436. The predicted octanol–water partition coefficient (Wildman–Crippen LogP) is 3.60. The summed E-state index contributed by atoms with van der Waals surface area (Å²) in [6, 6.07) is 11.3.